The van der Waals surface area contributed by atoms with Gasteiger partial charge in [-0.2, -0.15) is 10.2 Å². The van der Waals surface area contributed by atoms with E-state index in [9.17, 15) is 4.79 Å². The second kappa shape index (κ2) is 6.38. The maximum atomic E-state index is 11.7. The quantitative estimate of drug-likeness (QED) is 0.688. The van der Waals surface area contributed by atoms with E-state index in [2.05, 4.69) is 20.5 Å². The van der Waals surface area contributed by atoms with Crippen molar-refractivity contribution in [3.8, 4) is 0 Å². The fourth-order valence-electron chi connectivity index (χ4n) is 2.28. The molecule has 0 radical (unpaired) electrons. The van der Waals surface area contributed by atoms with Crippen LogP contribution in [-0.4, -0.2) is 36.8 Å². The molecule has 7 nitrogen and oxygen atoms in total. The number of carbonyl (C=O) groups is 1. The van der Waals surface area contributed by atoms with Crippen molar-refractivity contribution in [3.05, 3.63) is 48.2 Å². The predicted molar refractivity (Wildman–Crippen MR) is 81.3 cm³/mol. The van der Waals surface area contributed by atoms with Gasteiger partial charge in [-0.3, -0.25) is 9.48 Å². The smallest absolute Gasteiger partial charge is 0.241 e. The van der Waals surface area contributed by atoms with Crippen molar-refractivity contribution < 1.29 is 4.79 Å². The van der Waals surface area contributed by atoms with Gasteiger partial charge in [0.25, 0.3) is 0 Å². The monoisotopic (exact) mass is 298 g/mol. The van der Waals surface area contributed by atoms with Gasteiger partial charge in [0.05, 0.1) is 5.69 Å². The number of fused-ring (bicyclic) bond motifs is 1. The third-order valence-electron chi connectivity index (χ3n) is 3.32. The Hall–Kier alpha value is -2.70. The lowest BCUT2D eigenvalue weighted by Crippen LogP contribution is -2.28. The second-order valence-electron chi connectivity index (χ2n) is 5.21. The van der Waals surface area contributed by atoms with Crippen molar-refractivity contribution in [2.24, 2.45) is 0 Å². The molecule has 0 aliphatic rings. The number of nitrogens with zero attached hydrogens (tertiary/aromatic N) is 5. The lowest BCUT2D eigenvalue weighted by molar-refractivity contribution is -0.121. The fraction of sp³-hybridized carbons (Fsp3) is 0.333. The van der Waals surface area contributed by atoms with E-state index in [0.717, 1.165) is 29.7 Å². The van der Waals surface area contributed by atoms with Crippen molar-refractivity contribution in [2.45, 2.75) is 26.3 Å². The first kappa shape index (κ1) is 14.2. The van der Waals surface area contributed by atoms with Crippen LogP contribution in [0.1, 0.15) is 17.7 Å². The number of hydrogen-bond acceptors (Lipinski definition) is 4. The van der Waals surface area contributed by atoms with E-state index in [1.165, 1.54) is 0 Å². The van der Waals surface area contributed by atoms with Crippen LogP contribution < -0.4 is 5.32 Å². The molecule has 3 rings (SSSR count). The Labute approximate surface area is 128 Å². The molecule has 3 heterocycles. The molecule has 3 aromatic rings. The molecule has 1 amide bonds. The summed E-state index contributed by atoms with van der Waals surface area (Å²) in [5, 5.41) is 11.2. The van der Waals surface area contributed by atoms with E-state index in [1.807, 2.05) is 25.4 Å². The largest absolute Gasteiger partial charge is 0.354 e. The van der Waals surface area contributed by atoms with Gasteiger partial charge in [-0.05, 0) is 31.4 Å². The SMILES string of the molecule is Cc1cc2ncc(CCCNC(=O)Cn3cccn3)cn2n1. The van der Waals surface area contributed by atoms with Crippen LogP contribution in [-0.2, 0) is 17.8 Å². The molecule has 0 unspecified atom stereocenters. The number of amides is 1. The zero-order chi connectivity index (χ0) is 15.4. The average Bonchev–Trinajstić information content (AvgIpc) is 3.11. The number of hydrogen-bond donors (Lipinski definition) is 1. The Morgan fingerprint density at radius 2 is 2.32 bits per heavy atom. The van der Waals surface area contributed by atoms with Crippen LogP contribution in [0.2, 0.25) is 0 Å². The zero-order valence-electron chi connectivity index (χ0n) is 12.4. The van der Waals surface area contributed by atoms with Gasteiger partial charge in [0.2, 0.25) is 5.91 Å². The van der Waals surface area contributed by atoms with Crippen LogP contribution in [0, 0.1) is 6.92 Å². The number of aromatic nitrogens is 5. The molecule has 0 saturated carbocycles. The van der Waals surface area contributed by atoms with Crippen LogP contribution in [0.15, 0.2) is 36.9 Å². The van der Waals surface area contributed by atoms with E-state index in [0.29, 0.717) is 6.54 Å². The Bertz CT molecular complexity index is 762. The molecule has 0 saturated heterocycles. The molecule has 0 aliphatic heterocycles. The first-order chi connectivity index (χ1) is 10.7. The molecule has 7 heteroatoms. The highest BCUT2D eigenvalue weighted by Gasteiger charge is 2.03. The van der Waals surface area contributed by atoms with Crippen molar-refractivity contribution in [1.29, 1.82) is 0 Å². The van der Waals surface area contributed by atoms with Gasteiger partial charge in [0, 0.05) is 37.4 Å². The van der Waals surface area contributed by atoms with E-state index in [-0.39, 0.29) is 12.5 Å². The highest BCUT2D eigenvalue weighted by atomic mass is 16.2. The third-order valence-corrected chi connectivity index (χ3v) is 3.32. The van der Waals surface area contributed by atoms with Crippen LogP contribution in [0.25, 0.3) is 5.65 Å². The Kier molecular flexibility index (Phi) is 4.13. The van der Waals surface area contributed by atoms with Crippen molar-refractivity contribution in [2.75, 3.05) is 6.54 Å². The van der Waals surface area contributed by atoms with Gasteiger partial charge in [0.1, 0.15) is 6.54 Å². The lowest BCUT2D eigenvalue weighted by Gasteiger charge is -2.05. The Balaban J connectivity index is 1.44. The molecule has 22 heavy (non-hydrogen) atoms. The summed E-state index contributed by atoms with van der Waals surface area (Å²) in [7, 11) is 0. The summed E-state index contributed by atoms with van der Waals surface area (Å²) >= 11 is 0. The second-order valence-corrected chi connectivity index (χ2v) is 5.21. The summed E-state index contributed by atoms with van der Waals surface area (Å²) in [6.07, 6.45) is 8.99. The minimum Gasteiger partial charge on any atom is -0.354 e. The summed E-state index contributed by atoms with van der Waals surface area (Å²) in [5.41, 5.74) is 2.92. The van der Waals surface area contributed by atoms with Gasteiger partial charge >= 0.3 is 0 Å². The Morgan fingerprint density at radius 3 is 3.14 bits per heavy atom. The molecule has 0 bridgehead atoms. The van der Waals surface area contributed by atoms with Crippen molar-refractivity contribution in [3.63, 3.8) is 0 Å². The summed E-state index contributed by atoms with van der Waals surface area (Å²) < 4.78 is 3.40. The van der Waals surface area contributed by atoms with Gasteiger partial charge in [-0.15, -0.1) is 0 Å². The van der Waals surface area contributed by atoms with E-state index < -0.39 is 0 Å². The van der Waals surface area contributed by atoms with Crippen LogP contribution >= 0.6 is 0 Å². The van der Waals surface area contributed by atoms with Crippen molar-refractivity contribution >= 4 is 11.6 Å². The maximum Gasteiger partial charge on any atom is 0.241 e. The molecule has 0 atom stereocenters. The molecule has 114 valence electrons. The van der Waals surface area contributed by atoms with Gasteiger partial charge in [0.15, 0.2) is 5.65 Å². The number of carbonyl (C=O) groups excluding carboxylic acids is 1. The summed E-state index contributed by atoms with van der Waals surface area (Å²) in [4.78, 5) is 16.1. The summed E-state index contributed by atoms with van der Waals surface area (Å²) in [6, 6.07) is 3.74. The first-order valence-electron chi connectivity index (χ1n) is 7.26. The Morgan fingerprint density at radius 1 is 1.41 bits per heavy atom. The maximum absolute atomic E-state index is 11.7. The predicted octanol–water partition coefficient (Wildman–Crippen LogP) is 0.983. The van der Waals surface area contributed by atoms with Gasteiger partial charge < -0.3 is 5.32 Å². The van der Waals surface area contributed by atoms with E-state index in [4.69, 9.17) is 0 Å². The van der Waals surface area contributed by atoms with E-state index in [1.54, 1.807) is 27.7 Å². The number of rotatable bonds is 6. The van der Waals surface area contributed by atoms with Crippen molar-refractivity contribution in [1.82, 2.24) is 29.7 Å². The topological polar surface area (TPSA) is 77.1 Å². The van der Waals surface area contributed by atoms with Gasteiger partial charge in [-0.1, -0.05) is 0 Å². The molecule has 0 aliphatic carbocycles. The normalized spacial score (nSPS) is 11.0. The molecule has 1 N–H and O–H groups in total. The highest BCUT2D eigenvalue weighted by Crippen LogP contribution is 2.06. The molecule has 3 aromatic heterocycles. The molecule has 0 spiro atoms. The molecular weight excluding hydrogens is 280 g/mol. The number of aryl methyl sites for hydroxylation is 2. The fourth-order valence-corrected chi connectivity index (χ4v) is 2.28. The molecule has 0 aromatic carbocycles. The summed E-state index contributed by atoms with van der Waals surface area (Å²) in [6.45, 7) is 2.84. The summed E-state index contributed by atoms with van der Waals surface area (Å²) in [5.74, 6) is -0.0278. The third kappa shape index (κ3) is 3.49. The minimum atomic E-state index is -0.0278. The molecule has 0 fully saturated rings. The zero-order valence-corrected chi connectivity index (χ0v) is 12.4. The standard InChI is InChI=1S/C15H18N6O/c1-12-8-14-17-9-13(10-21(14)19-12)4-2-5-16-15(22)11-20-7-3-6-18-20/h3,6-10H,2,4-5,11H2,1H3,(H,16,22). The first-order valence-corrected chi connectivity index (χ1v) is 7.26. The highest BCUT2D eigenvalue weighted by molar-refractivity contribution is 5.75. The van der Waals surface area contributed by atoms with Crippen LogP contribution in [0.5, 0.6) is 0 Å². The van der Waals surface area contributed by atoms with E-state index >= 15 is 0 Å². The molecular formula is C15H18N6O. The lowest BCUT2D eigenvalue weighted by atomic mass is 10.2. The van der Waals surface area contributed by atoms with Crippen LogP contribution in [0.4, 0.5) is 0 Å². The van der Waals surface area contributed by atoms with Gasteiger partial charge in [-0.25, -0.2) is 9.50 Å². The average molecular weight is 298 g/mol. The number of nitrogens with one attached hydrogen (secondary N) is 1. The van der Waals surface area contributed by atoms with Crippen LogP contribution in [0.3, 0.4) is 0 Å². The minimum absolute atomic E-state index is 0.0278.